The first-order chi connectivity index (χ1) is 14.5. The predicted octanol–water partition coefficient (Wildman–Crippen LogP) is 5.27. The van der Waals surface area contributed by atoms with Gasteiger partial charge in [0.05, 0.1) is 4.90 Å². The first kappa shape index (κ1) is 19.5. The molecule has 154 valence electrons. The van der Waals surface area contributed by atoms with Crippen LogP contribution in [0.2, 0.25) is 0 Å². The van der Waals surface area contributed by atoms with Crippen molar-refractivity contribution in [3.63, 3.8) is 0 Å². The molecular formula is C26H27NO2S. The summed E-state index contributed by atoms with van der Waals surface area (Å²) >= 11 is 0. The molecule has 0 bridgehead atoms. The van der Waals surface area contributed by atoms with Gasteiger partial charge in [0.25, 0.3) is 0 Å². The molecule has 0 amide bonds. The van der Waals surface area contributed by atoms with Crippen LogP contribution in [-0.4, -0.2) is 25.3 Å². The highest BCUT2D eigenvalue weighted by molar-refractivity contribution is 7.89. The minimum atomic E-state index is -3.56. The fourth-order valence-electron chi connectivity index (χ4n) is 5.78. The molecule has 1 heterocycles. The highest BCUT2D eigenvalue weighted by Crippen LogP contribution is 2.58. The normalized spacial score (nSPS) is 26.6. The van der Waals surface area contributed by atoms with E-state index in [1.54, 1.807) is 12.1 Å². The number of hydrogen-bond donors (Lipinski definition) is 0. The van der Waals surface area contributed by atoms with Gasteiger partial charge in [-0.05, 0) is 43.0 Å². The summed E-state index contributed by atoms with van der Waals surface area (Å²) in [4.78, 5) is 0.399. The third kappa shape index (κ3) is 2.93. The number of rotatable bonds is 4. The van der Waals surface area contributed by atoms with Gasteiger partial charge in [-0.3, -0.25) is 0 Å². The highest BCUT2D eigenvalue weighted by atomic mass is 32.2. The average Bonchev–Trinajstić information content (AvgIpc) is 3.34. The van der Waals surface area contributed by atoms with E-state index in [4.69, 9.17) is 0 Å². The van der Waals surface area contributed by atoms with Crippen LogP contribution in [0.25, 0.3) is 0 Å². The van der Waals surface area contributed by atoms with E-state index in [-0.39, 0.29) is 17.4 Å². The van der Waals surface area contributed by atoms with Gasteiger partial charge in [0.2, 0.25) is 10.0 Å². The van der Waals surface area contributed by atoms with E-state index in [0.29, 0.717) is 11.4 Å². The molecule has 0 N–H and O–H groups in total. The smallest absolute Gasteiger partial charge is 0.207 e. The van der Waals surface area contributed by atoms with Gasteiger partial charge in [0.15, 0.2) is 0 Å². The largest absolute Gasteiger partial charge is 0.243 e. The average molecular weight is 418 g/mol. The van der Waals surface area contributed by atoms with Crippen LogP contribution in [0.15, 0.2) is 89.8 Å². The Morgan fingerprint density at radius 3 is 2.17 bits per heavy atom. The van der Waals surface area contributed by atoms with Crippen LogP contribution >= 0.6 is 0 Å². The fourth-order valence-corrected chi connectivity index (χ4v) is 7.50. The van der Waals surface area contributed by atoms with E-state index in [1.807, 2.05) is 35.5 Å². The lowest BCUT2D eigenvalue weighted by atomic mass is 9.67. The van der Waals surface area contributed by atoms with Crippen LogP contribution in [0.4, 0.5) is 0 Å². The zero-order chi connectivity index (χ0) is 20.8. The van der Waals surface area contributed by atoms with Crippen molar-refractivity contribution in [1.29, 1.82) is 0 Å². The van der Waals surface area contributed by atoms with Crippen LogP contribution in [-0.2, 0) is 15.4 Å². The summed E-state index contributed by atoms with van der Waals surface area (Å²) < 4.78 is 29.3. The van der Waals surface area contributed by atoms with E-state index in [9.17, 15) is 8.42 Å². The maximum absolute atomic E-state index is 13.8. The summed E-state index contributed by atoms with van der Waals surface area (Å²) in [5, 5.41) is 0. The minimum absolute atomic E-state index is 0.0172. The van der Waals surface area contributed by atoms with E-state index in [2.05, 4.69) is 48.5 Å². The van der Waals surface area contributed by atoms with Crippen molar-refractivity contribution in [2.45, 2.75) is 48.5 Å². The maximum Gasteiger partial charge on any atom is 0.243 e. The summed E-state index contributed by atoms with van der Waals surface area (Å²) in [6, 6.07) is 28.3. The zero-order valence-electron chi connectivity index (χ0n) is 17.2. The molecule has 3 aromatic rings. The summed E-state index contributed by atoms with van der Waals surface area (Å²) in [5.74, 6) is 0.147. The molecule has 30 heavy (non-hydrogen) atoms. The topological polar surface area (TPSA) is 37.4 Å². The first-order valence-electron chi connectivity index (χ1n) is 10.7. The second kappa shape index (κ2) is 7.36. The van der Waals surface area contributed by atoms with E-state index in [0.717, 1.165) is 24.8 Å². The van der Waals surface area contributed by atoms with E-state index >= 15 is 0 Å². The lowest BCUT2D eigenvalue weighted by Crippen LogP contribution is -2.42. The minimum Gasteiger partial charge on any atom is -0.207 e. The fraction of sp³-hybridized carbons (Fsp3) is 0.308. The number of sulfonamides is 1. The molecule has 3 nitrogen and oxygen atoms in total. The summed E-state index contributed by atoms with van der Waals surface area (Å²) in [5.41, 5.74) is 3.38. The monoisotopic (exact) mass is 417 g/mol. The summed E-state index contributed by atoms with van der Waals surface area (Å²) in [6.45, 7) is 2.51. The summed E-state index contributed by atoms with van der Waals surface area (Å²) in [6.07, 6.45) is 2.97. The van der Waals surface area contributed by atoms with E-state index < -0.39 is 10.0 Å². The van der Waals surface area contributed by atoms with Crippen molar-refractivity contribution in [2.24, 2.45) is 0 Å². The molecule has 0 unspecified atom stereocenters. The number of benzene rings is 3. The number of aryl methyl sites for hydroxylation is 1. The molecule has 2 fully saturated rings. The van der Waals surface area contributed by atoms with Gasteiger partial charge in [-0.2, -0.15) is 4.31 Å². The Balaban J connectivity index is 1.66. The maximum atomic E-state index is 13.8. The Morgan fingerprint density at radius 2 is 1.50 bits per heavy atom. The van der Waals surface area contributed by atoms with Crippen LogP contribution in [0, 0.1) is 6.92 Å². The molecule has 4 heteroatoms. The van der Waals surface area contributed by atoms with Gasteiger partial charge < -0.3 is 0 Å². The van der Waals surface area contributed by atoms with Crippen LogP contribution < -0.4 is 0 Å². The Bertz CT molecular complexity index is 1130. The van der Waals surface area contributed by atoms with Gasteiger partial charge in [0, 0.05) is 23.9 Å². The molecule has 0 aromatic heterocycles. The molecule has 1 saturated carbocycles. The Morgan fingerprint density at radius 1 is 0.867 bits per heavy atom. The van der Waals surface area contributed by atoms with Crippen molar-refractivity contribution in [3.8, 4) is 0 Å². The molecule has 1 saturated heterocycles. The Labute approximate surface area is 179 Å². The zero-order valence-corrected chi connectivity index (χ0v) is 18.1. The second-order valence-electron chi connectivity index (χ2n) is 8.67. The van der Waals surface area contributed by atoms with Crippen molar-refractivity contribution < 1.29 is 8.42 Å². The number of fused-ring (bicyclic) bond motifs is 1. The second-order valence-corrected chi connectivity index (χ2v) is 10.6. The summed E-state index contributed by atoms with van der Waals surface area (Å²) in [7, 11) is -3.56. The third-order valence-corrected chi connectivity index (χ3v) is 9.02. The van der Waals surface area contributed by atoms with Gasteiger partial charge in [-0.25, -0.2) is 8.42 Å². The number of hydrogen-bond acceptors (Lipinski definition) is 2. The number of nitrogens with zero attached hydrogens (tertiary/aromatic N) is 1. The van der Waals surface area contributed by atoms with Crippen LogP contribution in [0.3, 0.4) is 0 Å². The van der Waals surface area contributed by atoms with Gasteiger partial charge in [0.1, 0.15) is 0 Å². The highest BCUT2D eigenvalue weighted by Gasteiger charge is 2.60. The van der Waals surface area contributed by atoms with Crippen molar-refractivity contribution in [2.75, 3.05) is 6.54 Å². The quantitative estimate of drug-likeness (QED) is 0.580. The molecule has 0 radical (unpaired) electrons. The first-order valence-corrected chi connectivity index (χ1v) is 12.2. The molecular weight excluding hydrogens is 390 g/mol. The molecule has 1 aliphatic heterocycles. The molecule has 1 aliphatic carbocycles. The van der Waals surface area contributed by atoms with E-state index in [1.165, 1.54) is 11.1 Å². The van der Waals surface area contributed by atoms with Crippen molar-refractivity contribution in [3.05, 3.63) is 102 Å². The molecule has 3 aromatic carbocycles. The molecule has 5 rings (SSSR count). The predicted molar refractivity (Wildman–Crippen MR) is 120 cm³/mol. The van der Waals surface area contributed by atoms with Crippen molar-refractivity contribution in [1.82, 2.24) is 4.31 Å². The van der Waals surface area contributed by atoms with Crippen LogP contribution in [0.1, 0.15) is 41.9 Å². The van der Waals surface area contributed by atoms with Gasteiger partial charge in [-0.15, -0.1) is 0 Å². The van der Waals surface area contributed by atoms with Crippen molar-refractivity contribution >= 4 is 10.0 Å². The molecule has 0 spiro atoms. The lowest BCUT2D eigenvalue weighted by Gasteiger charge is -2.36. The molecule has 2 aliphatic rings. The van der Waals surface area contributed by atoms with Gasteiger partial charge in [-0.1, -0.05) is 84.8 Å². The third-order valence-electron chi connectivity index (χ3n) is 7.14. The van der Waals surface area contributed by atoms with Crippen LogP contribution in [0.5, 0.6) is 0 Å². The Kier molecular flexibility index (Phi) is 4.79. The standard InChI is InChI=1S/C26H27NO2S/c1-20-14-16-23(17-15-20)30(28,29)27-19-24(21-9-4-2-5-10-21)26(18-8-13-25(26)27)22-11-6-3-7-12-22/h2-7,9-12,14-17,24-25H,8,13,18-19H2,1H3/t24-,25-,26+/m0/s1. The molecule has 3 atom stereocenters. The lowest BCUT2D eigenvalue weighted by molar-refractivity contribution is 0.327. The SMILES string of the molecule is Cc1ccc(S(=O)(=O)N2C[C@@H](c3ccccc3)[C@]3(c4ccccc4)CCC[C@H]23)cc1. The Hall–Kier alpha value is -2.43. The van der Waals surface area contributed by atoms with Gasteiger partial charge >= 0.3 is 0 Å².